The van der Waals surface area contributed by atoms with E-state index in [0.29, 0.717) is 12.0 Å². The van der Waals surface area contributed by atoms with Crippen molar-refractivity contribution in [3.8, 4) is 0 Å². The highest BCUT2D eigenvalue weighted by atomic mass is 16.6. The van der Waals surface area contributed by atoms with Gasteiger partial charge in [0.2, 0.25) is 0 Å². The third-order valence-electron chi connectivity index (χ3n) is 2.56. The fourth-order valence-electron chi connectivity index (χ4n) is 1.64. The van der Waals surface area contributed by atoms with Crippen molar-refractivity contribution in [1.82, 2.24) is 0 Å². The molecule has 0 radical (unpaired) electrons. The number of hydrogen-bond donors (Lipinski definition) is 1. The molecule has 1 rings (SSSR count). The first-order valence-electron chi connectivity index (χ1n) is 4.95. The predicted octanol–water partition coefficient (Wildman–Crippen LogP) is 2.48. The number of aryl methyl sites for hydroxylation is 1. The number of carbonyl (C=O) groups is 1. The molecular formula is C11H13NO4. The van der Waals surface area contributed by atoms with Crippen molar-refractivity contribution < 1.29 is 14.8 Å². The predicted molar refractivity (Wildman–Crippen MR) is 58.5 cm³/mol. The highest BCUT2D eigenvalue weighted by Gasteiger charge is 2.21. The molecule has 0 saturated heterocycles. The van der Waals surface area contributed by atoms with Gasteiger partial charge in [0.05, 0.1) is 10.8 Å². The van der Waals surface area contributed by atoms with Crippen molar-refractivity contribution in [1.29, 1.82) is 0 Å². The van der Waals surface area contributed by atoms with Crippen LogP contribution in [0.5, 0.6) is 0 Å². The summed E-state index contributed by atoms with van der Waals surface area (Å²) in [6.45, 7) is 3.50. The molecule has 1 unspecified atom stereocenters. The minimum absolute atomic E-state index is 0.0692. The summed E-state index contributed by atoms with van der Waals surface area (Å²) in [6.07, 6.45) is 0.414. The number of rotatable bonds is 4. The van der Waals surface area contributed by atoms with E-state index < -0.39 is 16.8 Å². The maximum atomic E-state index is 11.0. The van der Waals surface area contributed by atoms with E-state index >= 15 is 0 Å². The Hall–Kier alpha value is -1.91. The quantitative estimate of drug-likeness (QED) is 0.628. The van der Waals surface area contributed by atoms with E-state index in [-0.39, 0.29) is 5.69 Å². The van der Waals surface area contributed by atoms with Crippen LogP contribution in [0.1, 0.15) is 30.4 Å². The molecule has 0 aliphatic carbocycles. The number of nitrogens with zero attached hydrogens (tertiary/aromatic N) is 1. The van der Waals surface area contributed by atoms with Crippen LogP contribution in [0.2, 0.25) is 0 Å². The number of nitro benzene ring substituents is 1. The van der Waals surface area contributed by atoms with E-state index in [4.69, 9.17) is 5.11 Å². The van der Waals surface area contributed by atoms with Gasteiger partial charge in [0, 0.05) is 12.1 Å². The Balaban J connectivity index is 3.25. The number of benzene rings is 1. The van der Waals surface area contributed by atoms with Crippen LogP contribution in [-0.2, 0) is 4.79 Å². The Morgan fingerprint density at radius 1 is 1.56 bits per heavy atom. The molecule has 0 saturated carbocycles. The molecule has 0 bridgehead atoms. The number of hydrogen-bond acceptors (Lipinski definition) is 3. The molecule has 0 amide bonds. The summed E-state index contributed by atoms with van der Waals surface area (Å²) in [5, 5.41) is 19.6. The van der Waals surface area contributed by atoms with Gasteiger partial charge < -0.3 is 5.11 Å². The Morgan fingerprint density at radius 3 is 2.62 bits per heavy atom. The molecule has 0 heterocycles. The normalized spacial score (nSPS) is 12.1. The van der Waals surface area contributed by atoms with Gasteiger partial charge in [-0.3, -0.25) is 14.9 Å². The van der Waals surface area contributed by atoms with Gasteiger partial charge in [-0.1, -0.05) is 13.0 Å². The average Bonchev–Trinajstić information content (AvgIpc) is 2.20. The van der Waals surface area contributed by atoms with Crippen molar-refractivity contribution >= 4 is 11.7 Å². The second kappa shape index (κ2) is 4.74. The topological polar surface area (TPSA) is 80.4 Å². The van der Waals surface area contributed by atoms with Crippen LogP contribution in [0, 0.1) is 17.0 Å². The monoisotopic (exact) mass is 223 g/mol. The maximum Gasteiger partial charge on any atom is 0.310 e. The number of nitro groups is 1. The van der Waals surface area contributed by atoms with E-state index in [9.17, 15) is 14.9 Å². The fourth-order valence-corrected chi connectivity index (χ4v) is 1.64. The molecular weight excluding hydrogens is 210 g/mol. The Labute approximate surface area is 92.9 Å². The molecule has 1 atom stereocenters. The summed E-state index contributed by atoms with van der Waals surface area (Å²) in [4.78, 5) is 21.1. The number of carboxylic acids is 1. The van der Waals surface area contributed by atoms with Gasteiger partial charge in [0.15, 0.2) is 0 Å². The number of aliphatic carboxylic acids is 1. The highest BCUT2D eigenvalue weighted by Crippen LogP contribution is 2.27. The van der Waals surface area contributed by atoms with E-state index in [0.717, 1.165) is 5.56 Å². The molecule has 0 spiro atoms. The van der Waals surface area contributed by atoms with Crippen molar-refractivity contribution in [3.05, 3.63) is 39.4 Å². The van der Waals surface area contributed by atoms with Gasteiger partial charge in [0.1, 0.15) is 0 Å². The van der Waals surface area contributed by atoms with Gasteiger partial charge >= 0.3 is 5.97 Å². The van der Waals surface area contributed by atoms with Gasteiger partial charge in [-0.25, -0.2) is 0 Å². The fraction of sp³-hybridized carbons (Fsp3) is 0.364. The van der Waals surface area contributed by atoms with Crippen LogP contribution >= 0.6 is 0 Å². The molecule has 0 fully saturated rings. The molecule has 0 aliphatic heterocycles. The molecule has 0 aromatic heterocycles. The zero-order chi connectivity index (χ0) is 12.3. The van der Waals surface area contributed by atoms with Gasteiger partial charge in [0.25, 0.3) is 5.69 Å². The molecule has 86 valence electrons. The highest BCUT2D eigenvalue weighted by molar-refractivity contribution is 5.76. The maximum absolute atomic E-state index is 11.0. The first kappa shape index (κ1) is 12.2. The number of carboxylic acid groups (broad SMARTS) is 1. The average molecular weight is 223 g/mol. The van der Waals surface area contributed by atoms with E-state index in [2.05, 4.69) is 0 Å². The smallest absolute Gasteiger partial charge is 0.310 e. The largest absolute Gasteiger partial charge is 0.481 e. The molecule has 1 N–H and O–H groups in total. The standard InChI is InChI=1S/C11H13NO4/c1-3-9(11(13)14)10-6-8(12(15)16)5-4-7(10)2/h4-6,9H,3H2,1-2H3,(H,13,14). The van der Waals surface area contributed by atoms with Crippen molar-refractivity contribution in [2.45, 2.75) is 26.2 Å². The third-order valence-corrected chi connectivity index (χ3v) is 2.56. The Bertz CT molecular complexity index is 428. The van der Waals surface area contributed by atoms with Crippen LogP contribution in [-0.4, -0.2) is 16.0 Å². The summed E-state index contributed by atoms with van der Waals surface area (Å²) in [6, 6.07) is 4.31. The van der Waals surface area contributed by atoms with E-state index in [1.165, 1.54) is 12.1 Å². The first-order chi connectivity index (χ1) is 7.47. The van der Waals surface area contributed by atoms with Crippen LogP contribution in [0.15, 0.2) is 18.2 Å². The minimum atomic E-state index is -0.953. The van der Waals surface area contributed by atoms with Gasteiger partial charge in [-0.15, -0.1) is 0 Å². The number of non-ortho nitro benzene ring substituents is 1. The summed E-state index contributed by atoms with van der Waals surface area (Å²) < 4.78 is 0. The van der Waals surface area contributed by atoms with E-state index in [1.807, 2.05) is 0 Å². The lowest BCUT2D eigenvalue weighted by Gasteiger charge is -2.12. The van der Waals surface area contributed by atoms with Crippen molar-refractivity contribution in [3.63, 3.8) is 0 Å². The lowest BCUT2D eigenvalue weighted by atomic mass is 9.92. The summed E-state index contributed by atoms with van der Waals surface area (Å²) in [5.41, 5.74) is 1.21. The summed E-state index contributed by atoms with van der Waals surface area (Å²) in [5.74, 6) is -1.63. The second-order valence-electron chi connectivity index (χ2n) is 3.60. The molecule has 1 aromatic rings. The summed E-state index contributed by atoms with van der Waals surface area (Å²) >= 11 is 0. The van der Waals surface area contributed by atoms with Gasteiger partial charge in [-0.05, 0) is 24.5 Å². The Morgan fingerprint density at radius 2 is 2.19 bits per heavy atom. The zero-order valence-corrected chi connectivity index (χ0v) is 9.14. The van der Waals surface area contributed by atoms with Crippen LogP contribution in [0.4, 0.5) is 5.69 Å². The Kier molecular flexibility index (Phi) is 3.60. The molecule has 5 heteroatoms. The van der Waals surface area contributed by atoms with Crippen molar-refractivity contribution in [2.24, 2.45) is 0 Å². The van der Waals surface area contributed by atoms with Crippen LogP contribution in [0.3, 0.4) is 0 Å². The third kappa shape index (κ3) is 2.36. The molecule has 0 aliphatic rings. The second-order valence-corrected chi connectivity index (χ2v) is 3.60. The lowest BCUT2D eigenvalue weighted by molar-refractivity contribution is -0.384. The minimum Gasteiger partial charge on any atom is -0.481 e. The summed E-state index contributed by atoms with van der Waals surface area (Å²) in [7, 11) is 0. The van der Waals surface area contributed by atoms with Crippen LogP contribution < -0.4 is 0 Å². The molecule has 16 heavy (non-hydrogen) atoms. The molecule has 5 nitrogen and oxygen atoms in total. The van der Waals surface area contributed by atoms with E-state index in [1.54, 1.807) is 19.9 Å². The van der Waals surface area contributed by atoms with Crippen LogP contribution in [0.25, 0.3) is 0 Å². The SMILES string of the molecule is CCC(C(=O)O)c1cc([N+](=O)[O-])ccc1C. The van der Waals surface area contributed by atoms with Crippen molar-refractivity contribution in [2.75, 3.05) is 0 Å². The first-order valence-corrected chi connectivity index (χ1v) is 4.95. The zero-order valence-electron chi connectivity index (χ0n) is 9.14. The lowest BCUT2D eigenvalue weighted by Crippen LogP contribution is -2.12. The molecule has 1 aromatic carbocycles. The van der Waals surface area contributed by atoms with Gasteiger partial charge in [-0.2, -0.15) is 0 Å².